The van der Waals surface area contributed by atoms with Gasteiger partial charge < -0.3 is 24.4 Å². The highest BCUT2D eigenvalue weighted by molar-refractivity contribution is 6.30. The van der Waals surface area contributed by atoms with E-state index in [0.717, 1.165) is 0 Å². The summed E-state index contributed by atoms with van der Waals surface area (Å²) in [5.74, 6) is 1.46. The van der Waals surface area contributed by atoms with Crippen LogP contribution in [0.4, 0.5) is 10.5 Å². The van der Waals surface area contributed by atoms with Crippen LogP contribution < -0.4 is 19.5 Å². The lowest BCUT2D eigenvalue weighted by molar-refractivity contribution is -0.0000935. The maximum Gasteiger partial charge on any atom is 0.321 e. The number of methoxy groups -OCH3 is 2. The quantitative estimate of drug-likeness (QED) is 0.781. The molecule has 0 saturated carbocycles. The van der Waals surface area contributed by atoms with Gasteiger partial charge in [0.25, 0.3) is 0 Å². The second-order valence-electron chi connectivity index (χ2n) is 7.52. The van der Waals surface area contributed by atoms with Gasteiger partial charge in [0.15, 0.2) is 5.78 Å². The summed E-state index contributed by atoms with van der Waals surface area (Å²) < 4.78 is 17.0. The first-order valence-corrected chi connectivity index (χ1v) is 10.1. The molecular formula is C22H23ClN2O5. The van der Waals surface area contributed by atoms with Crippen molar-refractivity contribution in [1.29, 1.82) is 0 Å². The van der Waals surface area contributed by atoms with E-state index in [1.165, 1.54) is 7.11 Å². The molecule has 0 aromatic heterocycles. The molecule has 1 spiro atoms. The summed E-state index contributed by atoms with van der Waals surface area (Å²) in [6, 6.07) is 10.2. The largest absolute Gasteiger partial charge is 0.496 e. The lowest BCUT2D eigenvalue weighted by atomic mass is 9.82. The Kier molecular flexibility index (Phi) is 5.47. The van der Waals surface area contributed by atoms with Crippen LogP contribution in [0.2, 0.25) is 5.02 Å². The average molecular weight is 431 g/mol. The van der Waals surface area contributed by atoms with E-state index in [-0.39, 0.29) is 18.2 Å². The molecule has 8 heteroatoms. The van der Waals surface area contributed by atoms with Gasteiger partial charge in [-0.3, -0.25) is 4.79 Å². The molecule has 0 unspecified atom stereocenters. The normalized spacial score (nSPS) is 17.2. The number of carbonyl (C=O) groups excluding carboxylic acids is 2. The van der Waals surface area contributed by atoms with Crippen molar-refractivity contribution < 1.29 is 23.8 Å². The first-order chi connectivity index (χ1) is 14.4. The van der Waals surface area contributed by atoms with Gasteiger partial charge in [0.05, 0.1) is 20.6 Å². The summed E-state index contributed by atoms with van der Waals surface area (Å²) in [5.41, 5.74) is 0.462. The Balaban J connectivity index is 1.47. The second-order valence-corrected chi connectivity index (χ2v) is 7.95. The third-order valence-corrected chi connectivity index (χ3v) is 5.86. The number of carbonyl (C=O) groups is 2. The van der Waals surface area contributed by atoms with Gasteiger partial charge in [-0.1, -0.05) is 17.7 Å². The molecule has 2 heterocycles. The summed E-state index contributed by atoms with van der Waals surface area (Å²) in [5, 5.41) is 3.42. The molecule has 1 N–H and O–H groups in total. The van der Waals surface area contributed by atoms with Gasteiger partial charge in [-0.25, -0.2) is 4.79 Å². The molecule has 1 fully saturated rings. The number of anilines is 1. The molecule has 7 nitrogen and oxygen atoms in total. The Morgan fingerprint density at radius 3 is 2.60 bits per heavy atom. The standard InChI is InChI=1S/C22H23ClN2O5/c1-28-16-11-18(29-2)20-17(26)13-22(30-19(20)12-16)6-8-25(9-7-22)21(27)24-15-5-3-4-14(23)10-15/h3-5,10-12H,6-9,13H2,1-2H3,(H,24,27). The van der Waals surface area contributed by atoms with Gasteiger partial charge in [0, 0.05) is 48.8 Å². The predicted octanol–water partition coefficient (Wildman–Crippen LogP) is 4.39. The Hall–Kier alpha value is -2.93. The number of urea groups is 1. The first kappa shape index (κ1) is 20.3. The fraction of sp³-hybridized carbons (Fsp3) is 0.364. The summed E-state index contributed by atoms with van der Waals surface area (Å²) >= 11 is 5.98. The third kappa shape index (κ3) is 3.89. The van der Waals surface area contributed by atoms with Crippen LogP contribution in [-0.4, -0.2) is 49.6 Å². The smallest absolute Gasteiger partial charge is 0.321 e. The van der Waals surface area contributed by atoms with Gasteiger partial charge in [0.2, 0.25) is 0 Å². The molecule has 2 amide bonds. The van der Waals surface area contributed by atoms with Gasteiger partial charge in [-0.2, -0.15) is 0 Å². The molecule has 4 rings (SSSR count). The van der Waals surface area contributed by atoms with Crippen LogP contribution in [0, 0.1) is 0 Å². The number of Topliss-reactive ketones (excluding diaryl/α,β-unsaturated/α-hetero) is 1. The van der Waals surface area contributed by atoms with Crippen molar-refractivity contribution in [3.05, 3.63) is 47.0 Å². The molecule has 2 aliphatic rings. The maximum atomic E-state index is 12.9. The number of fused-ring (bicyclic) bond motifs is 1. The monoisotopic (exact) mass is 430 g/mol. The van der Waals surface area contributed by atoms with Crippen LogP contribution in [0.5, 0.6) is 17.2 Å². The molecule has 0 radical (unpaired) electrons. The number of amides is 2. The van der Waals surface area contributed by atoms with E-state index in [9.17, 15) is 9.59 Å². The van der Waals surface area contributed by atoms with Gasteiger partial charge in [-0.15, -0.1) is 0 Å². The zero-order valence-electron chi connectivity index (χ0n) is 16.9. The summed E-state index contributed by atoms with van der Waals surface area (Å²) in [6.07, 6.45) is 1.37. The minimum atomic E-state index is -0.631. The highest BCUT2D eigenvalue weighted by atomic mass is 35.5. The molecule has 30 heavy (non-hydrogen) atoms. The zero-order chi connectivity index (χ0) is 21.3. The molecule has 1 saturated heterocycles. The molecule has 0 aliphatic carbocycles. The third-order valence-electron chi connectivity index (χ3n) is 5.62. The van der Waals surface area contributed by atoms with Gasteiger partial charge >= 0.3 is 6.03 Å². The second kappa shape index (κ2) is 8.07. The fourth-order valence-electron chi connectivity index (χ4n) is 4.02. The zero-order valence-corrected chi connectivity index (χ0v) is 17.6. The van der Waals surface area contributed by atoms with E-state index in [4.69, 9.17) is 25.8 Å². The number of ether oxygens (including phenoxy) is 3. The maximum absolute atomic E-state index is 12.9. The van der Waals surface area contributed by atoms with Gasteiger partial charge in [0.1, 0.15) is 28.4 Å². The van der Waals surface area contributed by atoms with Crippen molar-refractivity contribution >= 4 is 29.1 Å². The summed E-state index contributed by atoms with van der Waals surface area (Å²) in [7, 11) is 3.07. The average Bonchev–Trinajstić information content (AvgIpc) is 2.73. The number of nitrogens with zero attached hydrogens (tertiary/aromatic N) is 1. The number of hydrogen-bond donors (Lipinski definition) is 1. The fourth-order valence-corrected chi connectivity index (χ4v) is 4.21. The van der Waals surface area contributed by atoms with Crippen LogP contribution in [0.15, 0.2) is 36.4 Å². The van der Waals surface area contributed by atoms with Gasteiger partial charge in [-0.05, 0) is 18.2 Å². The van der Waals surface area contributed by atoms with Crippen molar-refractivity contribution in [2.75, 3.05) is 32.6 Å². The predicted molar refractivity (Wildman–Crippen MR) is 113 cm³/mol. The highest BCUT2D eigenvalue weighted by Gasteiger charge is 2.45. The molecular weight excluding hydrogens is 408 g/mol. The van der Waals surface area contributed by atoms with E-state index in [0.29, 0.717) is 59.5 Å². The van der Waals surface area contributed by atoms with Crippen molar-refractivity contribution in [2.45, 2.75) is 24.9 Å². The van der Waals surface area contributed by atoms with E-state index in [1.54, 1.807) is 48.4 Å². The van der Waals surface area contributed by atoms with E-state index >= 15 is 0 Å². The Morgan fingerprint density at radius 1 is 1.17 bits per heavy atom. The highest BCUT2D eigenvalue weighted by Crippen LogP contribution is 2.44. The molecule has 0 bridgehead atoms. The summed E-state index contributed by atoms with van der Waals surface area (Å²) in [6.45, 7) is 0.965. The van der Waals surface area contributed by atoms with E-state index < -0.39 is 5.60 Å². The van der Waals surface area contributed by atoms with Crippen LogP contribution >= 0.6 is 11.6 Å². The molecule has 0 atom stereocenters. The molecule has 158 valence electrons. The van der Waals surface area contributed by atoms with Crippen LogP contribution in [0.1, 0.15) is 29.6 Å². The SMILES string of the molecule is COc1cc(OC)c2c(c1)OC1(CCN(C(=O)Nc3cccc(Cl)c3)CC1)CC2=O. The number of likely N-dealkylation sites (tertiary alicyclic amines) is 1. The Morgan fingerprint density at radius 2 is 1.93 bits per heavy atom. The number of hydrogen-bond acceptors (Lipinski definition) is 5. The number of nitrogens with one attached hydrogen (secondary N) is 1. The van der Waals surface area contributed by atoms with Crippen molar-refractivity contribution in [3.8, 4) is 17.2 Å². The summed E-state index contributed by atoms with van der Waals surface area (Å²) in [4.78, 5) is 27.3. The van der Waals surface area contributed by atoms with E-state index in [2.05, 4.69) is 5.32 Å². The molecule has 2 aromatic rings. The van der Waals surface area contributed by atoms with Crippen LogP contribution in [0.3, 0.4) is 0 Å². The lowest BCUT2D eigenvalue weighted by Crippen LogP contribution is -2.53. The van der Waals surface area contributed by atoms with E-state index in [1.807, 2.05) is 0 Å². The minimum Gasteiger partial charge on any atom is -0.496 e. The van der Waals surface area contributed by atoms with Crippen molar-refractivity contribution in [2.24, 2.45) is 0 Å². The number of benzene rings is 2. The Labute approximate surface area is 179 Å². The van der Waals surface area contributed by atoms with Crippen molar-refractivity contribution in [1.82, 2.24) is 4.90 Å². The number of rotatable bonds is 3. The molecule has 2 aliphatic heterocycles. The van der Waals surface area contributed by atoms with Crippen LogP contribution in [-0.2, 0) is 0 Å². The number of halogens is 1. The number of piperidine rings is 1. The topological polar surface area (TPSA) is 77.1 Å². The molecule has 2 aromatic carbocycles. The first-order valence-electron chi connectivity index (χ1n) is 9.73. The van der Waals surface area contributed by atoms with Crippen LogP contribution in [0.25, 0.3) is 0 Å². The Bertz CT molecular complexity index is 985. The number of ketones is 1. The minimum absolute atomic E-state index is 0.0208. The van der Waals surface area contributed by atoms with Crippen molar-refractivity contribution in [3.63, 3.8) is 0 Å². The lowest BCUT2D eigenvalue weighted by Gasteiger charge is -2.44.